The maximum atomic E-state index is 12.9. The zero-order valence-electron chi connectivity index (χ0n) is 16.6. The van der Waals surface area contributed by atoms with Crippen LogP contribution in [0.3, 0.4) is 0 Å². The van der Waals surface area contributed by atoms with E-state index in [0.29, 0.717) is 16.6 Å². The third-order valence-electron chi connectivity index (χ3n) is 4.87. The molecule has 0 N–H and O–H groups in total. The van der Waals surface area contributed by atoms with Crippen molar-refractivity contribution in [2.24, 2.45) is 0 Å². The Hall–Kier alpha value is -2.89. The molecule has 1 aromatic carbocycles. The first-order valence-corrected chi connectivity index (χ1v) is 10.6. The van der Waals surface area contributed by atoms with Crippen LogP contribution in [0.25, 0.3) is 5.57 Å². The highest BCUT2D eigenvalue weighted by Gasteiger charge is 2.14. The quantitative estimate of drug-likeness (QED) is 0.553. The number of benzene rings is 1. The lowest BCUT2D eigenvalue weighted by Gasteiger charge is -2.15. The average molecular weight is 448 g/mol. The van der Waals surface area contributed by atoms with E-state index in [1.54, 1.807) is 10.6 Å². The first-order valence-electron chi connectivity index (χ1n) is 9.78. The molecule has 0 amide bonds. The Labute approximate surface area is 179 Å². The number of hydrogen-bond donors (Lipinski definition) is 0. The van der Waals surface area contributed by atoms with E-state index in [2.05, 4.69) is 40.4 Å². The summed E-state index contributed by atoms with van der Waals surface area (Å²) in [6, 6.07) is 10.1. The number of rotatable bonds is 7. The number of halogens is 1. The summed E-state index contributed by atoms with van der Waals surface area (Å²) in [5.41, 5.74) is 9.69. The van der Waals surface area contributed by atoms with Gasteiger partial charge >= 0.3 is 0 Å². The van der Waals surface area contributed by atoms with Crippen molar-refractivity contribution in [3.05, 3.63) is 90.9 Å². The molecular weight excluding hydrogens is 426 g/mol. The third-order valence-corrected chi connectivity index (χ3v) is 5.66. The normalized spacial score (nSPS) is 12.5. The van der Waals surface area contributed by atoms with Crippen molar-refractivity contribution in [1.29, 1.82) is 5.26 Å². The van der Waals surface area contributed by atoms with Crippen LogP contribution in [0.1, 0.15) is 49.3 Å². The average Bonchev–Trinajstić information content (AvgIpc) is 2.77. The van der Waals surface area contributed by atoms with Crippen molar-refractivity contribution in [3.63, 3.8) is 0 Å². The van der Waals surface area contributed by atoms with Gasteiger partial charge in [0.2, 0.25) is 0 Å². The predicted molar refractivity (Wildman–Crippen MR) is 118 cm³/mol. The first kappa shape index (κ1) is 20.8. The maximum absolute atomic E-state index is 12.9. The summed E-state index contributed by atoms with van der Waals surface area (Å²) >= 11 is 3.43. The van der Waals surface area contributed by atoms with Gasteiger partial charge in [-0.3, -0.25) is 9.36 Å². The van der Waals surface area contributed by atoms with E-state index in [4.69, 9.17) is 4.98 Å². The van der Waals surface area contributed by atoms with Gasteiger partial charge in [0.05, 0.1) is 12.2 Å². The molecule has 146 valence electrons. The second-order valence-corrected chi connectivity index (χ2v) is 7.63. The van der Waals surface area contributed by atoms with Crippen molar-refractivity contribution in [3.8, 4) is 6.07 Å². The molecule has 0 unspecified atom stereocenters. The predicted octanol–water partition coefficient (Wildman–Crippen LogP) is 5.12. The Morgan fingerprint density at radius 2 is 2.00 bits per heavy atom. The van der Waals surface area contributed by atoms with Gasteiger partial charge in [0, 0.05) is 12.0 Å². The lowest BCUT2D eigenvalue weighted by molar-refractivity contribution is 0.625. The van der Waals surface area contributed by atoms with Gasteiger partial charge in [-0.1, -0.05) is 56.0 Å². The van der Waals surface area contributed by atoms with Gasteiger partial charge < -0.3 is 0 Å². The number of aryl methyl sites for hydroxylation is 2. The molecule has 1 aliphatic carbocycles. The fraction of sp³-hybridized carbons (Fsp3) is 0.292. The maximum Gasteiger partial charge on any atom is 0.268 e. The first-order chi connectivity index (χ1) is 14.1. The highest BCUT2D eigenvalue weighted by Crippen LogP contribution is 2.24. The standard InChI is InChI=1S/C24H22BrN3O/c1-3-5-10-22-27-21(4-2)23(25)24(29)28(22)16-17-11-13-18(14-12-17)20-9-7-6-8-19(20)15-26/h7,9,11-14H,3-5,10,16H2,1-2H3. The fourth-order valence-corrected chi connectivity index (χ4v) is 3.82. The molecule has 4 nitrogen and oxygen atoms in total. The van der Waals surface area contributed by atoms with E-state index < -0.39 is 0 Å². The van der Waals surface area contributed by atoms with Crippen LogP contribution in [-0.2, 0) is 19.4 Å². The molecule has 5 heteroatoms. The van der Waals surface area contributed by atoms with Crippen LogP contribution in [0.5, 0.6) is 0 Å². The summed E-state index contributed by atoms with van der Waals surface area (Å²) < 4.78 is 2.31. The molecule has 1 aliphatic rings. The van der Waals surface area contributed by atoms with E-state index in [-0.39, 0.29) is 5.56 Å². The Bertz CT molecular complexity index is 1150. The van der Waals surface area contributed by atoms with Gasteiger partial charge in [-0.05, 0) is 52.1 Å². The molecule has 0 atom stereocenters. The third kappa shape index (κ3) is 4.58. The van der Waals surface area contributed by atoms with Crippen LogP contribution in [0.4, 0.5) is 0 Å². The van der Waals surface area contributed by atoms with E-state index in [1.807, 2.05) is 37.3 Å². The molecule has 1 aromatic heterocycles. The summed E-state index contributed by atoms with van der Waals surface area (Å²) in [7, 11) is 0. The number of allylic oxidation sites excluding steroid dienone is 4. The number of nitrogens with zero attached hydrogens (tertiary/aromatic N) is 3. The van der Waals surface area contributed by atoms with E-state index >= 15 is 0 Å². The van der Waals surface area contributed by atoms with E-state index in [1.165, 1.54) is 0 Å². The fourth-order valence-electron chi connectivity index (χ4n) is 3.24. The van der Waals surface area contributed by atoms with Crippen molar-refractivity contribution in [1.82, 2.24) is 9.55 Å². The van der Waals surface area contributed by atoms with Crippen molar-refractivity contribution in [2.75, 3.05) is 0 Å². The largest absolute Gasteiger partial charge is 0.291 e. The van der Waals surface area contributed by atoms with Gasteiger partial charge in [0.15, 0.2) is 0 Å². The summed E-state index contributed by atoms with van der Waals surface area (Å²) in [5.74, 6) is 0.834. The number of nitriles is 1. The zero-order chi connectivity index (χ0) is 20.8. The van der Waals surface area contributed by atoms with Crippen LogP contribution in [-0.4, -0.2) is 9.55 Å². The highest BCUT2D eigenvalue weighted by atomic mass is 79.9. The van der Waals surface area contributed by atoms with Crippen molar-refractivity contribution < 1.29 is 0 Å². The second kappa shape index (κ2) is 9.54. The summed E-state index contributed by atoms with van der Waals surface area (Å²) in [4.78, 5) is 17.7. The number of aromatic nitrogens is 2. The number of hydrogen-bond acceptors (Lipinski definition) is 3. The van der Waals surface area contributed by atoms with Crippen LogP contribution in [0.2, 0.25) is 0 Å². The summed E-state index contributed by atoms with van der Waals surface area (Å²) in [6.07, 6.45) is 7.16. The SMILES string of the molecule is CCCCc1nc(CC)c(Br)c(=O)n1Cc1ccc(C2=CC=C=C=C2C#N)cc1. The minimum atomic E-state index is -0.0352. The molecule has 1 heterocycles. The van der Waals surface area contributed by atoms with Gasteiger partial charge in [-0.15, -0.1) is 0 Å². The van der Waals surface area contributed by atoms with E-state index in [9.17, 15) is 10.1 Å². The molecular formula is C24H22BrN3O. The zero-order valence-corrected chi connectivity index (χ0v) is 18.2. The van der Waals surface area contributed by atoms with Crippen LogP contribution in [0, 0.1) is 11.3 Å². The molecule has 2 aromatic rings. The second-order valence-electron chi connectivity index (χ2n) is 6.84. The molecule has 0 aliphatic heterocycles. The monoisotopic (exact) mass is 447 g/mol. The molecule has 0 radical (unpaired) electrons. The summed E-state index contributed by atoms with van der Waals surface area (Å²) in [5, 5.41) is 9.28. The molecule has 29 heavy (non-hydrogen) atoms. The van der Waals surface area contributed by atoms with Crippen LogP contribution < -0.4 is 5.56 Å². The van der Waals surface area contributed by atoms with Crippen LogP contribution in [0.15, 0.2) is 62.7 Å². The summed E-state index contributed by atoms with van der Waals surface area (Å²) in [6.45, 7) is 4.61. The van der Waals surface area contributed by atoms with Gasteiger partial charge in [0.25, 0.3) is 5.56 Å². The minimum absolute atomic E-state index is 0.0352. The minimum Gasteiger partial charge on any atom is -0.291 e. The highest BCUT2D eigenvalue weighted by molar-refractivity contribution is 9.10. The molecule has 0 saturated carbocycles. The number of unbranched alkanes of at least 4 members (excludes halogenated alkanes) is 1. The molecule has 3 rings (SSSR count). The van der Waals surface area contributed by atoms with Gasteiger partial charge in [-0.2, -0.15) is 5.26 Å². The molecule has 0 bridgehead atoms. The Kier molecular flexibility index (Phi) is 6.86. The lowest BCUT2D eigenvalue weighted by atomic mass is 9.96. The van der Waals surface area contributed by atoms with E-state index in [0.717, 1.165) is 53.9 Å². The van der Waals surface area contributed by atoms with Gasteiger partial charge in [0.1, 0.15) is 21.9 Å². The smallest absolute Gasteiger partial charge is 0.268 e. The van der Waals surface area contributed by atoms with Crippen LogP contribution >= 0.6 is 15.9 Å². The molecule has 0 fully saturated rings. The molecule has 0 saturated heterocycles. The Morgan fingerprint density at radius 3 is 2.66 bits per heavy atom. The van der Waals surface area contributed by atoms with Gasteiger partial charge in [-0.25, -0.2) is 4.98 Å². The topological polar surface area (TPSA) is 58.7 Å². The van der Waals surface area contributed by atoms with Crippen molar-refractivity contribution >= 4 is 21.5 Å². The molecule has 0 spiro atoms. The Morgan fingerprint density at radius 1 is 1.24 bits per heavy atom. The van der Waals surface area contributed by atoms with Crippen molar-refractivity contribution in [2.45, 2.75) is 46.1 Å². The lowest BCUT2D eigenvalue weighted by Crippen LogP contribution is -2.28. The Balaban J connectivity index is 1.92.